The van der Waals surface area contributed by atoms with E-state index in [0.717, 1.165) is 12.0 Å². The molecule has 144 valence electrons. The van der Waals surface area contributed by atoms with Crippen molar-refractivity contribution in [3.05, 3.63) is 90.0 Å². The summed E-state index contributed by atoms with van der Waals surface area (Å²) >= 11 is 0. The van der Waals surface area contributed by atoms with E-state index in [1.807, 2.05) is 42.5 Å². The lowest BCUT2D eigenvalue weighted by Gasteiger charge is -2.07. The fourth-order valence-electron chi connectivity index (χ4n) is 3.25. The van der Waals surface area contributed by atoms with Crippen molar-refractivity contribution in [1.82, 2.24) is 0 Å². The minimum absolute atomic E-state index is 0.336. The van der Waals surface area contributed by atoms with E-state index in [1.165, 1.54) is 43.2 Å². The lowest BCUT2D eigenvalue weighted by atomic mass is 10.0. The van der Waals surface area contributed by atoms with Gasteiger partial charge in [-0.15, -0.1) is 0 Å². The summed E-state index contributed by atoms with van der Waals surface area (Å²) in [6.45, 7) is 2.25. The topological polar surface area (TPSA) is 26.3 Å². The molecule has 0 amide bonds. The third-order valence-electron chi connectivity index (χ3n) is 4.93. The normalized spacial score (nSPS) is 10.6. The molecule has 0 bridgehead atoms. The molecule has 0 atom stereocenters. The minimum atomic E-state index is -0.336. The fourth-order valence-corrected chi connectivity index (χ4v) is 3.25. The van der Waals surface area contributed by atoms with E-state index in [4.69, 9.17) is 4.74 Å². The predicted molar refractivity (Wildman–Crippen MR) is 116 cm³/mol. The van der Waals surface area contributed by atoms with E-state index >= 15 is 0 Å². The van der Waals surface area contributed by atoms with Crippen LogP contribution < -0.4 is 4.74 Å². The van der Waals surface area contributed by atoms with Gasteiger partial charge in [0.15, 0.2) is 0 Å². The summed E-state index contributed by atoms with van der Waals surface area (Å²) in [5, 5.41) is 0. The van der Waals surface area contributed by atoms with Crippen LogP contribution in [0.15, 0.2) is 78.9 Å². The number of carbonyl (C=O) groups excluding carboxylic acids is 1. The predicted octanol–water partition coefficient (Wildman–Crippen LogP) is 7.09. The lowest BCUT2D eigenvalue weighted by molar-refractivity contribution is 0.0735. The van der Waals surface area contributed by atoms with Crippen molar-refractivity contribution < 1.29 is 9.53 Å². The van der Waals surface area contributed by atoms with Crippen LogP contribution in [0.5, 0.6) is 5.75 Å². The molecule has 0 N–H and O–H groups in total. The van der Waals surface area contributed by atoms with Crippen LogP contribution in [0.3, 0.4) is 0 Å². The molecule has 0 spiro atoms. The highest BCUT2D eigenvalue weighted by molar-refractivity contribution is 5.91. The number of carbonyl (C=O) groups is 1. The molecule has 2 heteroatoms. The SMILES string of the molecule is CCCCCCCc1ccc(-c2ccc(OC(=O)c3ccccc3)cc2)cc1. The van der Waals surface area contributed by atoms with Gasteiger partial charge in [-0.3, -0.25) is 0 Å². The summed E-state index contributed by atoms with van der Waals surface area (Å²) in [5.74, 6) is 0.220. The van der Waals surface area contributed by atoms with Gasteiger partial charge in [0.1, 0.15) is 5.75 Å². The number of rotatable bonds is 9. The van der Waals surface area contributed by atoms with Gasteiger partial charge < -0.3 is 4.74 Å². The molecule has 3 rings (SSSR count). The Kier molecular flexibility index (Phi) is 7.43. The molecule has 0 radical (unpaired) electrons. The maximum atomic E-state index is 12.1. The van der Waals surface area contributed by atoms with Crippen molar-refractivity contribution in [3.63, 3.8) is 0 Å². The second kappa shape index (κ2) is 10.5. The Morgan fingerprint density at radius 1 is 0.714 bits per heavy atom. The molecule has 0 aliphatic rings. The fraction of sp³-hybridized carbons (Fsp3) is 0.269. The van der Waals surface area contributed by atoms with Crippen molar-refractivity contribution in [2.24, 2.45) is 0 Å². The van der Waals surface area contributed by atoms with Gasteiger partial charge in [0.25, 0.3) is 0 Å². The number of ether oxygens (including phenoxy) is 1. The standard InChI is InChI=1S/C26H28O2/c1-2-3-4-5-7-10-21-13-15-22(16-14-21)23-17-19-25(20-18-23)28-26(27)24-11-8-6-9-12-24/h6,8-9,11-20H,2-5,7,10H2,1H3. The van der Waals surface area contributed by atoms with E-state index in [1.54, 1.807) is 12.1 Å². The first-order valence-corrected chi connectivity index (χ1v) is 10.2. The third kappa shape index (κ3) is 5.82. The summed E-state index contributed by atoms with van der Waals surface area (Å²) in [6, 6.07) is 25.5. The highest BCUT2D eigenvalue weighted by Crippen LogP contribution is 2.24. The molecule has 0 aliphatic heterocycles. The molecule has 0 heterocycles. The van der Waals surface area contributed by atoms with Crippen LogP contribution in [-0.4, -0.2) is 5.97 Å². The van der Waals surface area contributed by atoms with Crippen LogP contribution in [0.4, 0.5) is 0 Å². The van der Waals surface area contributed by atoms with E-state index in [2.05, 4.69) is 31.2 Å². The minimum Gasteiger partial charge on any atom is -0.423 e. The van der Waals surface area contributed by atoms with Crippen molar-refractivity contribution >= 4 is 5.97 Å². The number of hydrogen-bond acceptors (Lipinski definition) is 2. The van der Waals surface area contributed by atoms with E-state index in [-0.39, 0.29) is 5.97 Å². The Morgan fingerprint density at radius 3 is 1.96 bits per heavy atom. The Morgan fingerprint density at radius 2 is 1.32 bits per heavy atom. The van der Waals surface area contributed by atoms with Gasteiger partial charge in [0.2, 0.25) is 0 Å². The zero-order chi connectivity index (χ0) is 19.6. The van der Waals surface area contributed by atoms with Crippen LogP contribution in [0.25, 0.3) is 11.1 Å². The smallest absolute Gasteiger partial charge is 0.343 e. The quantitative estimate of drug-likeness (QED) is 0.228. The molecule has 0 fully saturated rings. The monoisotopic (exact) mass is 372 g/mol. The van der Waals surface area contributed by atoms with E-state index in [0.29, 0.717) is 11.3 Å². The summed E-state index contributed by atoms with van der Waals surface area (Å²) in [6.07, 6.45) is 7.71. The van der Waals surface area contributed by atoms with Gasteiger partial charge in [-0.05, 0) is 53.8 Å². The maximum Gasteiger partial charge on any atom is 0.343 e. The maximum absolute atomic E-state index is 12.1. The average Bonchev–Trinajstić information content (AvgIpc) is 2.75. The summed E-state index contributed by atoms with van der Waals surface area (Å²) in [4.78, 5) is 12.1. The molecule has 28 heavy (non-hydrogen) atoms. The molecular formula is C26H28O2. The van der Waals surface area contributed by atoms with Gasteiger partial charge in [-0.1, -0.05) is 87.2 Å². The van der Waals surface area contributed by atoms with Crippen molar-refractivity contribution in [3.8, 4) is 16.9 Å². The first kappa shape index (κ1) is 19.9. The zero-order valence-corrected chi connectivity index (χ0v) is 16.6. The zero-order valence-electron chi connectivity index (χ0n) is 16.6. The Hall–Kier alpha value is -2.87. The summed E-state index contributed by atoms with van der Waals surface area (Å²) in [5.41, 5.74) is 4.25. The number of hydrogen-bond donors (Lipinski definition) is 0. The van der Waals surface area contributed by atoms with Crippen molar-refractivity contribution in [1.29, 1.82) is 0 Å². The number of unbranched alkanes of at least 4 members (excludes halogenated alkanes) is 4. The van der Waals surface area contributed by atoms with Gasteiger partial charge >= 0.3 is 5.97 Å². The Bertz CT molecular complexity index is 849. The van der Waals surface area contributed by atoms with Gasteiger partial charge in [-0.25, -0.2) is 4.79 Å². The second-order valence-electron chi connectivity index (χ2n) is 7.14. The molecule has 0 aliphatic carbocycles. The summed E-state index contributed by atoms with van der Waals surface area (Å²) in [7, 11) is 0. The van der Waals surface area contributed by atoms with Crippen molar-refractivity contribution in [2.45, 2.75) is 45.4 Å². The molecule has 3 aromatic rings. The molecule has 0 saturated carbocycles. The lowest BCUT2D eigenvalue weighted by Crippen LogP contribution is -2.07. The summed E-state index contributed by atoms with van der Waals surface area (Å²) < 4.78 is 5.44. The number of benzene rings is 3. The molecule has 0 unspecified atom stereocenters. The van der Waals surface area contributed by atoms with Gasteiger partial charge in [0.05, 0.1) is 5.56 Å². The average molecular weight is 373 g/mol. The molecule has 0 saturated heterocycles. The highest BCUT2D eigenvalue weighted by Gasteiger charge is 2.08. The first-order valence-electron chi connectivity index (χ1n) is 10.2. The van der Waals surface area contributed by atoms with Gasteiger partial charge in [-0.2, -0.15) is 0 Å². The largest absolute Gasteiger partial charge is 0.423 e. The highest BCUT2D eigenvalue weighted by atomic mass is 16.5. The van der Waals surface area contributed by atoms with Crippen LogP contribution in [0.1, 0.15) is 54.9 Å². The van der Waals surface area contributed by atoms with Crippen molar-refractivity contribution in [2.75, 3.05) is 0 Å². The third-order valence-corrected chi connectivity index (χ3v) is 4.93. The Balaban J connectivity index is 1.55. The molecule has 2 nitrogen and oxygen atoms in total. The second-order valence-corrected chi connectivity index (χ2v) is 7.14. The van der Waals surface area contributed by atoms with Crippen LogP contribution in [0.2, 0.25) is 0 Å². The first-order chi connectivity index (χ1) is 13.8. The van der Waals surface area contributed by atoms with Crippen LogP contribution in [0, 0.1) is 0 Å². The molecule has 3 aromatic carbocycles. The number of esters is 1. The van der Waals surface area contributed by atoms with E-state index < -0.39 is 0 Å². The van der Waals surface area contributed by atoms with E-state index in [9.17, 15) is 4.79 Å². The number of aryl methyl sites for hydroxylation is 1. The van der Waals surface area contributed by atoms with Gasteiger partial charge in [0, 0.05) is 0 Å². The van der Waals surface area contributed by atoms with Crippen LogP contribution in [-0.2, 0) is 6.42 Å². The Labute approximate surface area is 168 Å². The van der Waals surface area contributed by atoms with Crippen LogP contribution >= 0.6 is 0 Å². The molecule has 0 aromatic heterocycles. The molecular weight excluding hydrogens is 344 g/mol.